The maximum Gasteiger partial charge on any atom is 0.312 e. The van der Waals surface area contributed by atoms with Crippen LogP contribution in [0.5, 0.6) is 11.6 Å². The van der Waals surface area contributed by atoms with Crippen LogP contribution in [0.3, 0.4) is 0 Å². The van der Waals surface area contributed by atoms with Crippen LogP contribution in [-0.4, -0.2) is 35.3 Å². The predicted molar refractivity (Wildman–Crippen MR) is 99.8 cm³/mol. The molecule has 2 heterocycles. The lowest BCUT2D eigenvalue weighted by atomic mass is 9.95. The molecule has 138 valence electrons. The van der Waals surface area contributed by atoms with Crippen molar-refractivity contribution in [1.29, 1.82) is 0 Å². The van der Waals surface area contributed by atoms with Crippen molar-refractivity contribution in [3.8, 4) is 22.8 Å². The van der Waals surface area contributed by atoms with Crippen molar-refractivity contribution in [2.45, 2.75) is 33.3 Å². The Balaban J connectivity index is 1.72. The zero-order valence-electron chi connectivity index (χ0n) is 15.3. The van der Waals surface area contributed by atoms with Crippen LogP contribution in [0.25, 0.3) is 11.1 Å². The lowest BCUT2D eigenvalue weighted by Gasteiger charge is -2.27. The van der Waals surface area contributed by atoms with Crippen molar-refractivity contribution in [3.05, 3.63) is 36.5 Å². The molecule has 26 heavy (non-hydrogen) atoms. The molecule has 1 atom stereocenters. The molecule has 0 amide bonds. The van der Waals surface area contributed by atoms with Crippen molar-refractivity contribution in [2.75, 3.05) is 18.5 Å². The van der Waals surface area contributed by atoms with E-state index in [-0.39, 0.29) is 12.7 Å². The van der Waals surface area contributed by atoms with Gasteiger partial charge in [0.1, 0.15) is 18.5 Å². The summed E-state index contributed by atoms with van der Waals surface area (Å²) in [6.45, 7) is 6.23. The molecule has 2 N–H and O–H groups in total. The molecule has 1 aromatic carbocycles. The van der Waals surface area contributed by atoms with Gasteiger partial charge in [-0.3, -0.25) is 4.79 Å². The van der Waals surface area contributed by atoms with Gasteiger partial charge >= 0.3 is 5.97 Å². The quantitative estimate of drug-likeness (QED) is 0.819. The molecule has 6 heteroatoms. The number of benzene rings is 1. The number of pyridine rings is 1. The molecule has 1 aliphatic heterocycles. The molecule has 1 unspecified atom stereocenters. The van der Waals surface area contributed by atoms with Crippen LogP contribution in [0, 0.1) is 5.41 Å². The molecule has 0 aliphatic carbocycles. The Morgan fingerprint density at radius 1 is 1.35 bits per heavy atom. The van der Waals surface area contributed by atoms with E-state index in [0.29, 0.717) is 5.88 Å². The van der Waals surface area contributed by atoms with E-state index in [4.69, 9.17) is 14.6 Å². The maximum atomic E-state index is 11.1. The minimum atomic E-state index is -0.959. The van der Waals surface area contributed by atoms with Crippen LogP contribution in [-0.2, 0) is 4.79 Å². The van der Waals surface area contributed by atoms with Crippen molar-refractivity contribution >= 4 is 11.7 Å². The molecule has 1 aromatic heterocycles. The average Bonchev–Trinajstić information content (AvgIpc) is 2.65. The van der Waals surface area contributed by atoms with Crippen molar-refractivity contribution < 1.29 is 19.4 Å². The van der Waals surface area contributed by atoms with Gasteiger partial charge in [-0.25, -0.2) is 4.98 Å². The number of nitrogens with one attached hydrogen (secondary N) is 1. The molecule has 0 radical (unpaired) electrons. The lowest BCUT2D eigenvalue weighted by molar-refractivity contribution is -0.148. The summed E-state index contributed by atoms with van der Waals surface area (Å²) in [6, 6.07) is 9.70. The number of hydrogen-bond acceptors (Lipinski definition) is 5. The van der Waals surface area contributed by atoms with Crippen molar-refractivity contribution in [2.24, 2.45) is 5.41 Å². The minimum Gasteiger partial charge on any atom is -0.486 e. The predicted octanol–water partition coefficient (Wildman–Crippen LogP) is 3.82. The van der Waals surface area contributed by atoms with Crippen molar-refractivity contribution in [1.82, 2.24) is 4.98 Å². The standard InChI is InChI=1S/C20H24N2O4/c1-4-15-11-21-16-7-5-13(9-17(16)26-15)14-6-8-18(22-10-14)25-12-20(2,3)19(23)24/h5-10,15,21H,4,11-12H2,1-3H3,(H,23,24). The van der Waals surface area contributed by atoms with E-state index >= 15 is 0 Å². The fraction of sp³-hybridized carbons (Fsp3) is 0.400. The van der Waals surface area contributed by atoms with E-state index in [1.165, 1.54) is 0 Å². The number of fused-ring (bicyclic) bond motifs is 1. The Morgan fingerprint density at radius 3 is 2.77 bits per heavy atom. The largest absolute Gasteiger partial charge is 0.486 e. The summed E-state index contributed by atoms with van der Waals surface area (Å²) < 4.78 is 11.5. The summed E-state index contributed by atoms with van der Waals surface area (Å²) in [5, 5.41) is 12.5. The van der Waals surface area contributed by atoms with Gasteiger partial charge in [0.25, 0.3) is 0 Å². The molecule has 0 bridgehead atoms. The monoisotopic (exact) mass is 356 g/mol. The molecule has 0 saturated carbocycles. The number of aliphatic carboxylic acids is 1. The maximum absolute atomic E-state index is 11.1. The highest BCUT2D eigenvalue weighted by Crippen LogP contribution is 2.34. The zero-order chi connectivity index (χ0) is 18.7. The fourth-order valence-corrected chi connectivity index (χ4v) is 2.57. The van der Waals surface area contributed by atoms with Crippen LogP contribution in [0.2, 0.25) is 0 Å². The molecule has 1 aliphatic rings. The Kier molecular flexibility index (Phi) is 5.02. The number of carboxylic acids is 1. The summed E-state index contributed by atoms with van der Waals surface area (Å²) in [4.78, 5) is 15.4. The first-order chi connectivity index (χ1) is 12.4. The Morgan fingerprint density at radius 2 is 2.12 bits per heavy atom. The summed E-state index contributed by atoms with van der Waals surface area (Å²) in [6.07, 6.45) is 2.86. The highest BCUT2D eigenvalue weighted by atomic mass is 16.5. The number of aromatic nitrogens is 1. The van der Waals surface area contributed by atoms with Gasteiger partial charge in [0, 0.05) is 17.8 Å². The third-order valence-corrected chi connectivity index (χ3v) is 4.48. The van der Waals surface area contributed by atoms with Crippen LogP contribution < -0.4 is 14.8 Å². The molecule has 0 fully saturated rings. The molecular formula is C20H24N2O4. The minimum absolute atomic E-state index is 0.0610. The van der Waals surface area contributed by atoms with Gasteiger partial charge in [-0.2, -0.15) is 0 Å². The number of anilines is 1. The van der Waals surface area contributed by atoms with E-state index in [1.54, 1.807) is 26.1 Å². The first-order valence-electron chi connectivity index (χ1n) is 8.76. The molecule has 3 rings (SSSR count). The van der Waals surface area contributed by atoms with E-state index in [1.807, 2.05) is 24.3 Å². The number of nitrogens with zero attached hydrogens (tertiary/aromatic N) is 1. The Bertz CT molecular complexity index is 787. The smallest absolute Gasteiger partial charge is 0.312 e. The number of ether oxygens (including phenoxy) is 2. The van der Waals surface area contributed by atoms with Crippen LogP contribution in [0.4, 0.5) is 5.69 Å². The molecule has 0 saturated heterocycles. The Labute approximate surface area is 153 Å². The second-order valence-corrected chi connectivity index (χ2v) is 7.10. The van der Waals surface area contributed by atoms with E-state index < -0.39 is 11.4 Å². The number of carboxylic acid groups (broad SMARTS) is 1. The summed E-state index contributed by atoms with van der Waals surface area (Å²) in [5.41, 5.74) is 1.99. The topological polar surface area (TPSA) is 80.7 Å². The third-order valence-electron chi connectivity index (χ3n) is 4.48. The van der Waals surface area contributed by atoms with Crippen LogP contribution in [0.15, 0.2) is 36.5 Å². The normalized spacial score (nSPS) is 16.2. The van der Waals surface area contributed by atoms with Gasteiger partial charge in [0.05, 0.1) is 17.6 Å². The molecule has 0 spiro atoms. The van der Waals surface area contributed by atoms with Crippen molar-refractivity contribution in [3.63, 3.8) is 0 Å². The highest BCUT2D eigenvalue weighted by molar-refractivity contribution is 5.74. The van der Waals surface area contributed by atoms with E-state index in [2.05, 4.69) is 17.2 Å². The first kappa shape index (κ1) is 18.0. The van der Waals surface area contributed by atoms with Gasteiger partial charge < -0.3 is 19.9 Å². The van der Waals surface area contributed by atoms with Gasteiger partial charge in [0.15, 0.2) is 0 Å². The second-order valence-electron chi connectivity index (χ2n) is 7.10. The van der Waals surface area contributed by atoms with Gasteiger partial charge in [-0.15, -0.1) is 0 Å². The number of hydrogen-bond donors (Lipinski definition) is 2. The zero-order valence-corrected chi connectivity index (χ0v) is 15.3. The lowest BCUT2D eigenvalue weighted by Crippen LogP contribution is -2.30. The van der Waals surface area contributed by atoms with Gasteiger partial charge in [-0.1, -0.05) is 13.0 Å². The van der Waals surface area contributed by atoms with Gasteiger partial charge in [0.2, 0.25) is 5.88 Å². The van der Waals surface area contributed by atoms with Crippen LogP contribution in [0.1, 0.15) is 27.2 Å². The number of carbonyl (C=O) groups is 1. The Hall–Kier alpha value is -2.76. The first-order valence-corrected chi connectivity index (χ1v) is 8.76. The van der Waals surface area contributed by atoms with E-state index in [9.17, 15) is 4.79 Å². The summed E-state index contributed by atoms with van der Waals surface area (Å²) >= 11 is 0. The summed E-state index contributed by atoms with van der Waals surface area (Å²) in [5.74, 6) is 0.358. The second kappa shape index (κ2) is 7.23. The molecular weight excluding hydrogens is 332 g/mol. The highest BCUT2D eigenvalue weighted by Gasteiger charge is 2.28. The molecule has 2 aromatic rings. The third kappa shape index (κ3) is 3.90. The van der Waals surface area contributed by atoms with Gasteiger partial charge in [-0.05, 0) is 44.0 Å². The summed E-state index contributed by atoms with van der Waals surface area (Å²) in [7, 11) is 0. The fourth-order valence-electron chi connectivity index (χ4n) is 2.57. The average molecular weight is 356 g/mol. The van der Waals surface area contributed by atoms with E-state index in [0.717, 1.165) is 35.5 Å². The van der Waals surface area contributed by atoms with Crippen LogP contribution >= 0.6 is 0 Å². The molecule has 6 nitrogen and oxygen atoms in total. The number of rotatable bonds is 6. The SMILES string of the molecule is CCC1CNc2ccc(-c3ccc(OCC(C)(C)C(=O)O)nc3)cc2O1.